The average molecular weight is 350 g/mol. The standard InChI is InChI=1S/C10H16.C7H11F3O2.C2H6/c1-7-2-9-4-8(1)5-10(3-7)6-9;1-4-6(2,5(11)12-3)7(8,9)10;1-2/h7-10H,1-6H2;4H2,1-3H3;1-2H3. The molecule has 0 aromatic carbocycles. The number of carbonyl (C=O) groups is 1. The van der Waals surface area contributed by atoms with Crippen LogP contribution in [-0.4, -0.2) is 19.3 Å². The summed E-state index contributed by atoms with van der Waals surface area (Å²) in [6, 6.07) is 0. The van der Waals surface area contributed by atoms with Crippen molar-refractivity contribution in [2.24, 2.45) is 29.1 Å². The Balaban J connectivity index is 0.000000218. The van der Waals surface area contributed by atoms with Crippen LogP contribution < -0.4 is 0 Å². The second-order valence-corrected chi connectivity index (χ2v) is 7.55. The Hall–Kier alpha value is -0.740. The van der Waals surface area contributed by atoms with Crippen LogP contribution in [0.1, 0.15) is 72.6 Å². The highest BCUT2D eigenvalue weighted by atomic mass is 19.4. The van der Waals surface area contributed by atoms with Gasteiger partial charge in [-0.3, -0.25) is 4.79 Å². The van der Waals surface area contributed by atoms with E-state index >= 15 is 0 Å². The molecule has 4 aliphatic rings. The summed E-state index contributed by atoms with van der Waals surface area (Å²) >= 11 is 0. The van der Waals surface area contributed by atoms with Gasteiger partial charge >= 0.3 is 12.1 Å². The quantitative estimate of drug-likeness (QED) is 0.571. The lowest BCUT2D eigenvalue weighted by Gasteiger charge is -2.49. The van der Waals surface area contributed by atoms with E-state index in [1.807, 2.05) is 13.8 Å². The van der Waals surface area contributed by atoms with Crippen LogP contribution in [0.15, 0.2) is 0 Å². The lowest BCUT2D eigenvalue weighted by Crippen LogP contribution is -2.42. The summed E-state index contributed by atoms with van der Waals surface area (Å²) in [6.07, 6.45) is 4.76. The molecule has 4 rings (SSSR count). The highest BCUT2D eigenvalue weighted by Gasteiger charge is 2.56. The third-order valence-corrected chi connectivity index (χ3v) is 5.97. The van der Waals surface area contributed by atoms with Crippen LogP contribution in [0.5, 0.6) is 0 Å². The molecule has 0 aromatic heterocycles. The first-order valence-corrected chi connectivity index (χ1v) is 9.34. The van der Waals surface area contributed by atoms with Crippen molar-refractivity contribution >= 4 is 5.97 Å². The summed E-state index contributed by atoms with van der Waals surface area (Å²) in [5, 5.41) is 0. The van der Waals surface area contributed by atoms with E-state index in [2.05, 4.69) is 4.74 Å². The minimum atomic E-state index is -4.55. The summed E-state index contributed by atoms with van der Waals surface area (Å²) in [5.74, 6) is 3.47. The van der Waals surface area contributed by atoms with E-state index in [0.29, 0.717) is 0 Å². The van der Waals surface area contributed by atoms with Crippen LogP contribution in [0.3, 0.4) is 0 Å². The summed E-state index contributed by atoms with van der Waals surface area (Å²) in [6.45, 7) is 6.13. The molecule has 4 saturated carbocycles. The van der Waals surface area contributed by atoms with Gasteiger partial charge in [0.2, 0.25) is 0 Å². The SMILES string of the molecule is C1C2CC3CC1CC(C2)C3.CC.CCC(C)(C(=O)OC)C(F)(F)F. The van der Waals surface area contributed by atoms with Crippen molar-refractivity contribution in [2.75, 3.05) is 7.11 Å². The normalized spacial score (nSPS) is 32.7. The molecule has 142 valence electrons. The van der Waals surface area contributed by atoms with Crippen molar-refractivity contribution in [2.45, 2.75) is 78.8 Å². The first-order chi connectivity index (χ1) is 11.2. The molecule has 0 N–H and O–H groups in total. The van der Waals surface area contributed by atoms with Gasteiger partial charge in [-0.1, -0.05) is 20.8 Å². The maximum Gasteiger partial charge on any atom is 0.404 e. The number of hydrogen-bond donors (Lipinski definition) is 0. The van der Waals surface area contributed by atoms with Gasteiger partial charge in [0.1, 0.15) is 0 Å². The van der Waals surface area contributed by atoms with Gasteiger partial charge < -0.3 is 4.74 Å². The largest absolute Gasteiger partial charge is 0.468 e. The minimum Gasteiger partial charge on any atom is -0.468 e. The molecule has 1 atom stereocenters. The van der Waals surface area contributed by atoms with Gasteiger partial charge in [0.05, 0.1) is 7.11 Å². The Labute approximate surface area is 144 Å². The highest BCUT2D eigenvalue weighted by molar-refractivity contribution is 5.77. The molecule has 0 amide bonds. The molecule has 5 heteroatoms. The second kappa shape index (κ2) is 8.57. The second-order valence-electron chi connectivity index (χ2n) is 7.55. The Kier molecular flexibility index (Phi) is 7.61. The highest BCUT2D eigenvalue weighted by Crippen LogP contribution is 2.53. The molecule has 0 saturated heterocycles. The lowest BCUT2D eigenvalue weighted by atomic mass is 9.56. The molecule has 24 heavy (non-hydrogen) atoms. The summed E-state index contributed by atoms with van der Waals surface area (Å²) in [5.41, 5.74) is -2.37. The van der Waals surface area contributed by atoms with Gasteiger partial charge in [0.15, 0.2) is 5.41 Å². The molecule has 4 fully saturated rings. The average Bonchev–Trinajstić information content (AvgIpc) is 2.53. The van der Waals surface area contributed by atoms with E-state index in [1.54, 1.807) is 38.5 Å². The molecule has 1 unspecified atom stereocenters. The number of hydrogen-bond acceptors (Lipinski definition) is 2. The number of rotatable bonds is 2. The number of carbonyl (C=O) groups excluding carboxylic acids is 1. The van der Waals surface area contributed by atoms with E-state index in [1.165, 1.54) is 30.6 Å². The van der Waals surface area contributed by atoms with Crippen LogP contribution in [0.4, 0.5) is 13.2 Å². The van der Waals surface area contributed by atoms with E-state index in [-0.39, 0.29) is 6.42 Å². The fourth-order valence-corrected chi connectivity index (χ4v) is 4.67. The van der Waals surface area contributed by atoms with Crippen molar-refractivity contribution in [1.29, 1.82) is 0 Å². The fraction of sp³-hybridized carbons (Fsp3) is 0.947. The topological polar surface area (TPSA) is 26.3 Å². The van der Waals surface area contributed by atoms with Crippen LogP contribution in [0.2, 0.25) is 0 Å². The van der Waals surface area contributed by atoms with Gasteiger partial charge in [-0.2, -0.15) is 13.2 Å². The van der Waals surface area contributed by atoms with Crippen LogP contribution in [0.25, 0.3) is 0 Å². The van der Waals surface area contributed by atoms with E-state index in [9.17, 15) is 18.0 Å². The zero-order valence-corrected chi connectivity index (χ0v) is 15.7. The van der Waals surface area contributed by atoms with Gasteiger partial charge in [-0.15, -0.1) is 0 Å². The third kappa shape index (κ3) is 4.66. The molecular formula is C19H33F3O2. The number of alkyl halides is 3. The summed E-state index contributed by atoms with van der Waals surface area (Å²) in [4.78, 5) is 10.8. The smallest absolute Gasteiger partial charge is 0.404 e. The number of halogens is 3. The van der Waals surface area contributed by atoms with Crippen LogP contribution in [0, 0.1) is 29.1 Å². The van der Waals surface area contributed by atoms with Gasteiger partial charge in [0.25, 0.3) is 0 Å². The number of esters is 1. The fourth-order valence-electron chi connectivity index (χ4n) is 4.67. The Morgan fingerprint density at radius 3 is 1.33 bits per heavy atom. The Bertz CT molecular complexity index is 349. The van der Waals surface area contributed by atoms with Crippen molar-refractivity contribution < 1.29 is 22.7 Å². The molecule has 4 aliphatic carbocycles. The first-order valence-electron chi connectivity index (χ1n) is 9.34. The maximum atomic E-state index is 12.2. The molecule has 4 bridgehead atoms. The van der Waals surface area contributed by atoms with E-state index in [4.69, 9.17) is 0 Å². The number of methoxy groups -OCH3 is 1. The van der Waals surface area contributed by atoms with E-state index < -0.39 is 17.6 Å². The van der Waals surface area contributed by atoms with Crippen molar-refractivity contribution in [1.82, 2.24) is 0 Å². The monoisotopic (exact) mass is 350 g/mol. The molecular weight excluding hydrogens is 317 g/mol. The predicted molar refractivity (Wildman–Crippen MR) is 89.5 cm³/mol. The maximum absolute atomic E-state index is 12.2. The molecule has 0 aromatic rings. The zero-order valence-electron chi connectivity index (χ0n) is 15.7. The van der Waals surface area contributed by atoms with E-state index in [0.717, 1.165) is 14.0 Å². The van der Waals surface area contributed by atoms with Crippen molar-refractivity contribution in [3.8, 4) is 0 Å². The minimum absolute atomic E-state index is 0.316. The molecule has 0 radical (unpaired) electrons. The Morgan fingerprint density at radius 2 is 1.21 bits per heavy atom. The molecule has 2 nitrogen and oxygen atoms in total. The van der Waals surface area contributed by atoms with Crippen LogP contribution >= 0.6 is 0 Å². The van der Waals surface area contributed by atoms with Gasteiger partial charge in [-0.25, -0.2) is 0 Å². The summed E-state index contributed by atoms with van der Waals surface area (Å²) < 4.78 is 40.8. The molecule has 0 spiro atoms. The first kappa shape index (κ1) is 21.3. The van der Waals surface area contributed by atoms with Gasteiger partial charge in [0, 0.05) is 0 Å². The van der Waals surface area contributed by atoms with Crippen molar-refractivity contribution in [3.63, 3.8) is 0 Å². The molecule has 0 heterocycles. The summed E-state index contributed by atoms with van der Waals surface area (Å²) in [7, 11) is 0.946. The molecule has 0 aliphatic heterocycles. The Morgan fingerprint density at radius 1 is 0.917 bits per heavy atom. The van der Waals surface area contributed by atoms with Crippen LogP contribution in [-0.2, 0) is 9.53 Å². The zero-order chi connectivity index (χ0) is 18.5. The third-order valence-electron chi connectivity index (χ3n) is 5.97. The van der Waals surface area contributed by atoms with Crippen molar-refractivity contribution in [3.05, 3.63) is 0 Å². The predicted octanol–water partition coefficient (Wildman–Crippen LogP) is 6.00. The number of ether oxygens (including phenoxy) is 1. The lowest BCUT2D eigenvalue weighted by molar-refractivity contribution is -0.229. The van der Waals surface area contributed by atoms with Gasteiger partial charge in [-0.05, 0) is 75.5 Å².